The summed E-state index contributed by atoms with van der Waals surface area (Å²) < 4.78 is 22.2. The first-order chi connectivity index (χ1) is 13.1. The fraction of sp³-hybridized carbons (Fsp3) is 0.739. The molecule has 0 N–H and O–H groups in total. The molecule has 0 saturated heterocycles. The number of ether oxygens (including phenoxy) is 4. The van der Waals surface area contributed by atoms with Gasteiger partial charge in [-0.3, -0.25) is 0 Å². The van der Waals surface area contributed by atoms with Crippen LogP contribution in [0, 0.1) is 28.6 Å². The summed E-state index contributed by atoms with van der Waals surface area (Å²) in [6.07, 6.45) is 11.0. The summed E-state index contributed by atoms with van der Waals surface area (Å²) in [4.78, 5) is 0. The van der Waals surface area contributed by atoms with E-state index in [0.29, 0.717) is 31.3 Å². The second-order valence-corrected chi connectivity index (χ2v) is 9.15. The lowest BCUT2D eigenvalue weighted by Gasteiger charge is -2.48. The first-order valence-corrected chi connectivity index (χ1v) is 10.3. The molecule has 5 aliphatic carbocycles. The van der Waals surface area contributed by atoms with E-state index in [1.165, 1.54) is 18.4 Å². The maximum Gasteiger partial charge on any atom is 0.146 e. The molecule has 1 spiro atoms. The Bertz CT molecular complexity index is 651. The van der Waals surface area contributed by atoms with Crippen LogP contribution in [0.25, 0.3) is 0 Å². The third-order valence-electron chi connectivity index (χ3n) is 7.52. The predicted molar refractivity (Wildman–Crippen MR) is 105 cm³/mol. The highest BCUT2D eigenvalue weighted by Gasteiger charge is 2.61. The third-order valence-corrected chi connectivity index (χ3v) is 7.52. The van der Waals surface area contributed by atoms with Crippen molar-refractivity contribution in [2.45, 2.75) is 39.0 Å². The van der Waals surface area contributed by atoms with E-state index in [9.17, 15) is 0 Å². The predicted octanol–water partition coefficient (Wildman–Crippen LogP) is 4.48. The average molecular weight is 375 g/mol. The fourth-order valence-corrected chi connectivity index (χ4v) is 6.48. The van der Waals surface area contributed by atoms with E-state index in [4.69, 9.17) is 18.9 Å². The Hall–Kier alpha value is -0.940. The standard InChI is InChI=1S/C23H34O4/c1-16-11-23-9-7-17(16)10-20(23)18(12-26-14-24-3)21-19(23)6-5-8-22(21,2)13-27-15-25-4/h6,10,17-18,21H,1,5,7-9,11-15H2,2-4H3/t17-,18-,21+,22+,23-/m1/s1. The zero-order valence-electron chi connectivity index (χ0n) is 17.1. The molecule has 0 amide bonds. The zero-order valence-corrected chi connectivity index (χ0v) is 17.1. The van der Waals surface area contributed by atoms with Crippen molar-refractivity contribution in [3.05, 3.63) is 35.5 Å². The van der Waals surface area contributed by atoms with Crippen LogP contribution in [-0.2, 0) is 18.9 Å². The van der Waals surface area contributed by atoms with Crippen LogP contribution in [-0.4, -0.2) is 41.0 Å². The monoisotopic (exact) mass is 374 g/mol. The number of rotatable bonds is 8. The van der Waals surface area contributed by atoms with Crippen molar-refractivity contribution in [1.29, 1.82) is 0 Å². The second kappa shape index (κ2) is 7.47. The van der Waals surface area contributed by atoms with E-state index in [-0.39, 0.29) is 10.8 Å². The number of hydrogen-bond donors (Lipinski definition) is 0. The van der Waals surface area contributed by atoms with Crippen LogP contribution in [0.3, 0.4) is 0 Å². The highest BCUT2D eigenvalue weighted by Crippen LogP contribution is 2.70. The van der Waals surface area contributed by atoms with Gasteiger partial charge in [-0.05, 0) is 49.4 Å². The largest absolute Gasteiger partial charge is 0.359 e. The summed E-state index contributed by atoms with van der Waals surface area (Å²) in [6.45, 7) is 9.00. The van der Waals surface area contributed by atoms with Gasteiger partial charge in [-0.1, -0.05) is 42.4 Å². The smallest absolute Gasteiger partial charge is 0.146 e. The van der Waals surface area contributed by atoms with Gasteiger partial charge >= 0.3 is 0 Å². The van der Waals surface area contributed by atoms with Crippen molar-refractivity contribution >= 4 is 0 Å². The molecule has 2 bridgehead atoms. The Balaban J connectivity index is 1.71. The van der Waals surface area contributed by atoms with Gasteiger partial charge < -0.3 is 18.9 Å². The maximum atomic E-state index is 5.94. The molecule has 2 fully saturated rings. The van der Waals surface area contributed by atoms with Crippen molar-refractivity contribution < 1.29 is 18.9 Å². The molecule has 0 unspecified atom stereocenters. The lowest BCUT2D eigenvalue weighted by Crippen LogP contribution is -2.40. The molecule has 0 aromatic rings. The summed E-state index contributed by atoms with van der Waals surface area (Å²) in [5, 5.41) is 0. The summed E-state index contributed by atoms with van der Waals surface area (Å²) in [5.74, 6) is 1.44. The van der Waals surface area contributed by atoms with E-state index in [1.807, 2.05) is 0 Å². The van der Waals surface area contributed by atoms with Crippen molar-refractivity contribution in [2.24, 2.45) is 28.6 Å². The van der Waals surface area contributed by atoms with E-state index in [1.54, 1.807) is 25.4 Å². The second-order valence-electron chi connectivity index (χ2n) is 9.15. The number of fused-ring (bicyclic) bond motifs is 3. The van der Waals surface area contributed by atoms with Crippen LogP contribution in [0.4, 0.5) is 0 Å². The molecule has 0 radical (unpaired) electrons. The van der Waals surface area contributed by atoms with Crippen molar-refractivity contribution in [3.63, 3.8) is 0 Å². The Morgan fingerprint density at radius 3 is 2.63 bits per heavy atom. The lowest BCUT2D eigenvalue weighted by atomic mass is 9.57. The minimum Gasteiger partial charge on any atom is -0.359 e. The average Bonchev–Trinajstić information content (AvgIpc) is 2.93. The van der Waals surface area contributed by atoms with Crippen LogP contribution in [0.5, 0.6) is 0 Å². The molecular weight excluding hydrogens is 340 g/mol. The molecule has 27 heavy (non-hydrogen) atoms. The molecule has 2 saturated carbocycles. The minimum absolute atomic E-state index is 0.107. The quantitative estimate of drug-likeness (QED) is 0.356. The van der Waals surface area contributed by atoms with E-state index in [2.05, 4.69) is 25.7 Å². The number of hydrogen-bond acceptors (Lipinski definition) is 4. The van der Waals surface area contributed by atoms with Crippen molar-refractivity contribution in [1.82, 2.24) is 0 Å². The first-order valence-electron chi connectivity index (χ1n) is 10.3. The zero-order chi connectivity index (χ0) is 19.1. The van der Waals surface area contributed by atoms with Gasteiger partial charge in [-0.2, -0.15) is 0 Å². The van der Waals surface area contributed by atoms with Crippen molar-refractivity contribution in [3.8, 4) is 0 Å². The Labute approximate surface area is 163 Å². The van der Waals surface area contributed by atoms with Crippen LogP contribution in [0.1, 0.15) is 39.0 Å². The molecule has 0 aliphatic heterocycles. The van der Waals surface area contributed by atoms with Crippen LogP contribution in [0.2, 0.25) is 0 Å². The molecule has 0 aromatic heterocycles. The van der Waals surface area contributed by atoms with Gasteiger partial charge in [0.05, 0.1) is 13.2 Å². The molecule has 5 aliphatic rings. The molecule has 0 aromatic carbocycles. The van der Waals surface area contributed by atoms with Crippen LogP contribution >= 0.6 is 0 Å². The van der Waals surface area contributed by atoms with Gasteiger partial charge in [0.25, 0.3) is 0 Å². The third kappa shape index (κ3) is 3.05. The molecule has 5 atom stereocenters. The normalized spacial score (nSPS) is 39.8. The Morgan fingerprint density at radius 2 is 1.89 bits per heavy atom. The van der Waals surface area contributed by atoms with Gasteiger partial charge in [0.2, 0.25) is 0 Å². The molecular formula is C23H34O4. The fourth-order valence-electron chi connectivity index (χ4n) is 6.48. The summed E-state index contributed by atoms with van der Waals surface area (Å²) >= 11 is 0. The van der Waals surface area contributed by atoms with Gasteiger partial charge in [-0.25, -0.2) is 0 Å². The molecule has 0 heterocycles. The summed E-state index contributed by atoms with van der Waals surface area (Å²) in [5.41, 5.74) is 4.99. The topological polar surface area (TPSA) is 36.9 Å². The molecule has 4 heteroatoms. The highest BCUT2D eigenvalue weighted by molar-refractivity contribution is 5.50. The maximum absolute atomic E-state index is 5.94. The van der Waals surface area contributed by atoms with E-state index >= 15 is 0 Å². The summed E-state index contributed by atoms with van der Waals surface area (Å²) in [7, 11) is 3.38. The van der Waals surface area contributed by atoms with Gasteiger partial charge in [-0.15, -0.1) is 0 Å². The van der Waals surface area contributed by atoms with Crippen LogP contribution in [0.15, 0.2) is 35.5 Å². The first kappa shape index (κ1) is 19.4. The van der Waals surface area contributed by atoms with Gasteiger partial charge in [0.15, 0.2) is 0 Å². The van der Waals surface area contributed by atoms with E-state index < -0.39 is 0 Å². The van der Waals surface area contributed by atoms with Crippen molar-refractivity contribution in [2.75, 3.05) is 41.0 Å². The van der Waals surface area contributed by atoms with Gasteiger partial charge in [0.1, 0.15) is 13.6 Å². The molecule has 150 valence electrons. The Kier molecular flexibility index (Phi) is 5.36. The minimum atomic E-state index is 0.107. The molecule has 5 rings (SSSR count). The SMILES string of the molecule is C=C1C[C@@]23CC[C@@H]1C=C2[C@@H](COCOC)[C@H]1C3=CCC[C@@]1(C)COCOC. The molecule has 4 nitrogen and oxygen atoms in total. The number of methoxy groups -OCH3 is 2. The van der Waals surface area contributed by atoms with Crippen LogP contribution < -0.4 is 0 Å². The summed E-state index contributed by atoms with van der Waals surface area (Å²) in [6, 6.07) is 0. The Morgan fingerprint density at radius 1 is 1.11 bits per heavy atom. The highest BCUT2D eigenvalue weighted by atomic mass is 16.7. The van der Waals surface area contributed by atoms with E-state index in [0.717, 1.165) is 32.5 Å². The van der Waals surface area contributed by atoms with Gasteiger partial charge in [0, 0.05) is 25.6 Å². The number of allylic oxidation sites excluding steroid dienone is 4. The lowest BCUT2D eigenvalue weighted by molar-refractivity contribution is -0.0866.